The summed E-state index contributed by atoms with van der Waals surface area (Å²) in [6, 6.07) is 0. The Morgan fingerprint density at radius 2 is 2.36 bits per heavy atom. The molecule has 0 aliphatic heterocycles. The molecule has 0 N–H and O–H groups in total. The highest BCUT2D eigenvalue weighted by Gasteiger charge is 2.21. The lowest BCUT2D eigenvalue weighted by atomic mass is 10.3. The van der Waals surface area contributed by atoms with Crippen molar-refractivity contribution in [1.29, 1.82) is 0 Å². The van der Waals surface area contributed by atoms with Gasteiger partial charge in [-0.1, -0.05) is 12.8 Å². The molecule has 1 aliphatic carbocycles. The molecule has 1 saturated carbocycles. The van der Waals surface area contributed by atoms with Gasteiger partial charge in [0.25, 0.3) is 5.56 Å². The number of hydrogen-bond donors (Lipinski definition) is 0. The number of halogens is 1. The van der Waals surface area contributed by atoms with Gasteiger partial charge in [-0.05, 0) is 41.9 Å². The van der Waals surface area contributed by atoms with Crippen LogP contribution in [0.3, 0.4) is 0 Å². The molecule has 0 aromatic carbocycles. The Morgan fingerprint density at radius 1 is 1.64 bits per heavy atom. The lowest BCUT2D eigenvalue weighted by Crippen LogP contribution is -2.25. The lowest BCUT2D eigenvalue weighted by Gasteiger charge is -2.08. The molecule has 0 amide bonds. The molecular formula is C10H13IN2O. The number of aromatic nitrogens is 2. The van der Waals surface area contributed by atoms with Crippen molar-refractivity contribution in [2.24, 2.45) is 5.92 Å². The number of nitrogens with zero attached hydrogens (tertiary/aromatic N) is 2. The van der Waals surface area contributed by atoms with Crippen LogP contribution >= 0.6 is 22.6 Å². The van der Waals surface area contributed by atoms with Gasteiger partial charge in [0, 0.05) is 12.7 Å². The van der Waals surface area contributed by atoms with Gasteiger partial charge in [-0.25, -0.2) is 4.98 Å². The Hall–Kier alpha value is -0.390. The minimum atomic E-state index is 0.110. The maximum absolute atomic E-state index is 11.7. The average Bonchev–Trinajstić information content (AvgIpc) is 2.95. The van der Waals surface area contributed by atoms with E-state index >= 15 is 0 Å². The van der Waals surface area contributed by atoms with Gasteiger partial charge < -0.3 is 0 Å². The summed E-state index contributed by atoms with van der Waals surface area (Å²) in [5.41, 5.74) is 0.110. The maximum atomic E-state index is 11.7. The van der Waals surface area contributed by atoms with Crippen molar-refractivity contribution in [3.8, 4) is 0 Å². The Balaban J connectivity index is 2.20. The standard InChI is InChI=1S/C10H13IN2O/c1-7-12-6-9(11)10(14)13(7)5-4-8-2-3-8/h6,8H,2-5H2,1H3. The molecule has 0 unspecified atom stereocenters. The molecule has 1 aliphatic rings. The van der Waals surface area contributed by atoms with Gasteiger partial charge in [-0.15, -0.1) is 0 Å². The summed E-state index contributed by atoms with van der Waals surface area (Å²) in [6.07, 6.45) is 5.45. The molecule has 0 saturated heterocycles. The summed E-state index contributed by atoms with van der Waals surface area (Å²) in [4.78, 5) is 15.9. The van der Waals surface area contributed by atoms with Crippen molar-refractivity contribution < 1.29 is 0 Å². The maximum Gasteiger partial charge on any atom is 0.266 e. The largest absolute Gasteiger partial charge is 0.296 e. The second kappa shape index (κ2) is 4.00. The molecule has 0 bridgehead atoms. The molecule has 76 valence electrons. The molecular weight excluding hydrogens is 291 g/mol. The van der Waals surface area contributed by atoms with Crippen LogP contribution in [0.25, 0.3) is 0 Å². The van der Waals surface area contributed by atoms with Crippen molar-refractivity contribution in [1.82, 2.24) is 9.55 Å². The van der Waals surface area contributed by atoms with Crippen molar-refractivity contribution in [2.45, 2.75) is 32.7 Å². The van der Waals surface area contributed by atoms with Crippen molar-refractivity contribution in [3.63, 3.8) is 0 Å². The monoisotopic (exact) mass is 304 g/mol. The van der Waals surface area contributed by atoms with Crippen molar-refractivity contribution >= 4 is 22.6 Å². The molecule has 0 radical (unpaired) electrons. The topological polar surface area (TPSA) is 34.9 Å². The molecule has 0 spiro atoms. The molecule has 1 aromatic rings. The highest BCUT2D eigenvalue weighted by atomic mass is 127. The summed E-state index contributed by atoms with van der Waals surface area (Å²) in [6.45, 7) is 2.73. The Morgan fingerprint density at radius 3 is 3.00 bits per heavy atom. The van der Waals surface area contributed by atoms with E-state index in [2.05, 4.69) is 4.98 Å². The van der Waals surface area contributed by atoms with Crippen molar-refractivity contribution in [2.75, 3.05) is 0 Å². The van der Waals surface area contributed by atoms with Gasteiger partial charge in [0.1, 0.15) is 5.82 Å². The van der Waals surface area contributed by atoms with E-state index in [4.69, 9.17) is 0 Å². The molecule has 1 heterocycles. The molecule has 1 aromatic heterocycles. The Labute approximate surface area is 96.7 Å². The molecule has 14 heavy (non-hydrogen) atoms. The van der Waals surface area contributed by atoms with Crippen LogP contribution < -0.4 is 5.56 Å². The fourth-order valence-corrected chi connectivity index (χ4v) is 1.96. The van der Waals surface area contributed by atoms with Crippen LogP contribution in [0.5, 0.6) is 0 Å². The van der Waals surface area contributed by atoms with E-state index in [0.29, 0.717) is 3.57 Å². The third kappa shape index (κ3) is 2.16. The Bertz CT molecular complexity index is 396. The second-order valence-corrected chi connectivity index (χ2v) is 5.00. The van der Waals surface area contributed by atoms with E-state index < -0.39 is 0 Å². The second-order valence-electron chi connectivity index (χ2n) is 3.84. The zero-order chi connectivity index (χ0) is 10.1. The van der Waals surface area contributed by atoms with Crippen LogP contribution in [0.4, 0.5) is 0 Å². The predicted octanol–water partition coefficient (Wildman–Crippen LogP) is 1.96. The molecule has 4 heteroatoms. The fraction of sp³-hybridized carbons (Fsp3) is 0.600. The normalized spacial score (nSPS) is 15.9. The van der Waals surface area contributed by atoms with E-state index in [1.165, 1.54) is 12.8 Å². The van der Waals surface area contributed by atoms with Crippen LogP contribution in [0.1, 0.15) is 25.1 Å². The van der Waals surface area contributed by atoms with Crippen LogP contribution in [0.2, 0.25) is 0 Å². The summed E-state index contributed by atoms with van der Waals surface area (Å²) >= 11 is 2.04. The van der Waals surface area contributed by atoms with Crippen LogP contribution in [-0.2, 0) is 6.54 Å². The number of aryl methyl sites for hydroxylation is 1. The van der Waals surface area contributed by atoms with Crippen LogP contribution in [0, 0.1) is 16.4 Å². The highest BCUT2D eigenvalue weighted by Crippen LogP contribution is 2.32. The summed E-state index contributed by atoms with van der Waals surface area (Å²) in [5.74, 6) is 1.69. The predicted molar refractivity (Wildman–Crippen MR) is 63.3 cm³/mol. The van der Waals surface area contributed by atoms with E-state index in [-0.39, 0.29) is 5.56 Å². The van der Waals surface area contributed by atoms with E-state index in [0.717, 1.165) is 24.7 Å². The molecule has 2 rings (SSSR count). The van der Waals surface area contributed by atoms with Crippen molar-refractivity contribution in [3.05, 3.63) is 25.9 Å². The lowest BCUT2D eigenvalue weighted by molar-refractivity contribution is 0.557. The minimum Gasteiger partial charge on any atom is -0.296 e. The SMILES string of the molecule is Cc1ncc(I)c(=O)n1CCC1CC1. The first-order chi connectivity index (χ1) is 6.68. The summed E-state index contributed by atoms with van der Waals surface area (Å²) in [5, 5.41) is 0. The zero-order valence-corrected chi connectivity index (χ0v) is 10.3. The van der Waals surface area contributed by atoms with E-state index in [1.807, 2.05) is 29.5 Å². The average molecular weight is 304 g/mol. The van der Waals surface area contributed by atoms with Gasteiger partial charge in [-0.3, -0.25) is 9.36 Å². The smallest absolute Gasteiger partial charge is 0.266 e. The number of rotatable bonds is 3. The summed E-state index contributed by atoms with van der Waals surface area (Å²) in [7, 11) is 0. The molecule has 3 nitrogen and oxygen atoms in total. The van der Waals surface area contributed by atoms with Gasteiger partial charge in [0.2, 0.25) is 0 Å². The van der Waals surface area contributed by atoms with E-state index in [9.17, 15) is 4.79 Å². The third-order valence-corrected chi connectivity index (χ3v) is 3.40. The first-order valence-corrected chi connectivity index (χ1v) is 5.98. The quantitative estimate of drug-likeness (QED) is 0.800. The first kappa shape index (κ1) is 10.1. The molecule has 1 fully saturated rings. The fourth-order valence-electron chi connectivity index (χ4n) is 1.53. The Kier molecular flexibility index (Phi) is 2.90. The third-order valence-electron chi connectivity index (χ3n) is 2.66. The van der Waals surface area contributed by atoms with Crippen LogP contribution in [-0.4, -0.2) is 9.55 Å². The summed E-state index contributed by atoms with van der Waals surface area (Å²) < 4.78 is 2.50. The van der Waals surface area contributed by atoms with Crippen LogP contribution in [0.15, 0.2) is 11.0 Å². The van der Waals surface area contributed by atoms with Gasteiger partial charge in [0.05, 0.1) is 3.57 Å². The minimum absolute atomic E-state index is 0.110. The number of hydrogen-bond acceptors (Lipinski definition) is 2. The first-order valence-electron chi connectivity index (χ1n) is 4.90. The van der Waals surface area contributed by atoms with Gasteiger partial charge >= 0.3 is 0 Å². The highest BCUT2D eigenvalue weighted by molar-refractivity contribution is 14.1. The van der Waals surface area contributed by atoms with Gasteiger partial charge in [-0.2, -0.15) is 0 Å². The zero-order valence-electron chi connectivity index (χ0n) is 8.16. The van der Waals surface area contributed by atoms with E-state index in [1.54, 1.807) is 10.8 Å². The van der Waals surface area contributed by atoms with Gasteiger partial charge in [0.15, 0.2) is 0 Å². The molecule has 0 atom stereocenters.